The summed E-state index contributed by atoms with van der Waals surface area (Å²) in [6.45, 7) is 9.78. The van der Waals surface area contributed by atoms with Crippen LogP contribution < -0.4 is 20.7 Å². The van der Waals surface area contributed by atoms with E-state index in [0.29, 0.717) is 13.1 Å². The molecule has 12 heteroatoms. The molecule has 3 N–H and O–H groups in total. The third kappa shape index (κ3) is 9.31. The van der Waals surface area contributed by atoms with Crippen LogP contribution in [0.25, 0.3) is 0 Å². The van der Waals surface area contributed by atoms with E-state index in [1.54, 1.807) is 36.1 Å². The quantitative estimate of drug-likeness (QED) is 0.459. The van der Waals surface area contributed by atoms with Crippen molar-refractivity contribution in [3.63, 3.8) is 0 Å². The van der Waals surface area contributed by atoms with Gasteiger partial charge in [0.15, 0.2) is 0 Å². The van der Waals surface area contributed by atoms with E-state index in [1.807, 2.05) is 58.0 Å². The van der Waals surface area contributed by atoms with Crippen molar-refractivity contribution < 1.29 is 33.4 Å². The number of hydrogen-bond acceptors (Lipinski definition) is 7. The number of rotatable bonds is 4. The van der Waals surface area contributed by atoms with Crippen LogP contribution in [-0.2, 0) is 30.3 Å². The van der Waals surface area contributed by atoms with E-state index in [0.717, 1.165) is 5.56 Å². The number of nitrogens with zero attached hydrogens (tertiary/aromatic N) is 2. The molecule has 2 aromatic carbocycles. The minimum Gasteiger partial charge on any atom is -0.491 e. The van der Waals surface area contributed by atoms with Crippen LogP contribution >= 0.6 is 0 Å². The molecular formula is C35H47N5O7. The third-order valence-corrected chi connectivity index (χ3v) is 8.40. The maximum absolute atomic E-state index is 14.0. The van der Waals surface area contributed by atoms with Crippen molar-refractivity contribution in [1.29, 1.82) is 0 Å². The van der Waals surface area contributed by atoms with Gasteiger partial charge in [-0.2, -0.15) is 0 Å². The lowest BCUT2D eigenvalue weighted by molar-refractivity contribution is -0.148. The van der Waals surface area contributed by atoms with Crippen LogP contribution in [0.15, 0.2) is 54.6 Å². The molecular weight excluding hydrogens is 602 g/mol. The summed E-state index contributed by atoms with van der Waals surface area (Å²) in [5.74, 6) is -2.46. The number of carbonyl (C=O) groups excluding carboxylic acids is 5. The molecule has 0 aromatic heterocycles. The van der Waals surface area contributed by atoms with E-state index < -0.39 is 60.1 Å². The van der Waals surface area contributed by atoms with Gasteiger partial charge in [-0.3, -0.25) is 24.0 Å². The number of fused-ring (bicyclic) bond motifs is 1. The number of nitrogens with one attached hydrogen (secondary N) is 3. The summed E-state index contributed by atoms with van der Waals surface area (Å²) < 4.78 is 11.8. The molecule has 2 heterocycles. The Morgan fingerprint density at radius 2 is 1.51 bits per heavy atom. The topological polar surface area (TPSA) is 146 Å². The highest BCUT2D eigenvalue weighted by Crippen LogP contribution is 2.21. The Kier molecular flexibility index (Phi) is 12.0. The summed E-state index contributed by atoms with van der Waals surface area (Å²) in [6, 6.07) is 12.2. The smallest absolute Gasteiger partial charge is 0.255 e. The maximum Gasteiger partial charge on any atom is 0.255 e. The molecule has 2 aliphatic rings. The van der Waals surface area contributed by atoms with Gasteiger partial charge in [-0.1, -0.05) is 56.3 Å². The molecule has 2 aliphatic heterocycles. The highest BCUT2D eigenvalue weighted by Gasteiger charge is 2.37. The zero-order chi connectivity index (χ0) is 34.2. The molecule has 0 radical (unpaired) electrons. The molecule has 254 valence electrons. The number of benzene rings is 2. The summed E-state index contributed by atoms with van der Waals surface area (Å²) in [5, 5.41) is 8.57. The highest BCUT2D eigenvalue weighted by molar-refractivity contribution is 6.01. The van der Waals surface area contributed by atoms with Crippen LogP contribution in [0.4, 0.5) is 0 Å². The fourth-order valence-corrected chi connectivity index (χ4v) is 5.90. The van der Waals surface area contributed by atoms with Crippen LogP contribution in [0, 0.1) is 5.92 Å². The van der Waals surface area contributed by atoms with E-state index in [4.69, 9.17) is 9.47 Å². The molecule has 5 amide bonds. The van der Waals surface area contributed by atoms with E-state index in [9.17, 15) is 24.0 Å². The zero-order valence-corrected chi connectivity index (χ0v) is 28.0. The van der Waals surface area contributed by atoms with E-state index in [1.165, 1.54) is 11.9 Å². The lowest BCUT2D eigenvalue weighted by Crippen LogP contribution is -2.58. The molecule has 1 saturated heterocycles. The average molecular weight is 650 g/mol. The van der Waals surface area contributed by atoms with Gasteiger partial charge in [-0.15, -0.1) is 0 Å². The lowest BCUT2D eigenvalue weighted by Gasteiger charge is -2.37. The van der Waals surface area contributed by atoms with Crippen molar-refractivity contribution in [1.82, 2.24) is 25.8 Å². The van der Waals surface area contributed by atoms with Crippen molar-refractivity contribution >= 4 is 29.5 Å². The average Bonchev–Trinajstić information content (AvgIpc) is 3.03. The van der Waals surface area contributed by atoms with Gasteiger partial charge in [0.25, 0.3) is 5.91 Å². The summed E-state index contributed by atoms with van der Waals surface area (Å²) in [5.41, 5.74) is 0.986. The van der Waals surface area contributed by atoms with E-state index >= 15 is 0 Å². The third-order valence-electron chi connectivity index (χ3n) is 8.40. The Bertz CT molecular complexity index is 1420. The van der Waals surface area contributed by atoms with Gasteiger partial charge in [0, 0.05) is 26.6 Å². The van der Waals surface area contributed by atoms with Crippen LogP contribution in [0.1, 0.15) is 57.0 Å². The molecule has 0 bridgehead atoms. The van der Waals surface area contributed by atoms with Gasteiger partial charge in [-0.05, 0) is 44.4 Å². The fraction of sp³-hybridized carbons (Fsp3) is 0.514. The van der Waals surface area contributed by atoms with Crippen molar-refractivity contribution in [3.8, 4) is 5.75 Å². The van der Waals surface area contributed by atoms with Crippen LogP contribution in [0.5, 0.6) is 5.75 Å². The van der Waals surface area contributed by atoms with Gasteiger partial charge in [0.05, 0.1) is 30.2 Å². The molecule has 6 atom stereocenters. The van der Waals surface area contributed by atoms with E-state index in [-0.39, 0.29) is 42.5 Å². The van der Waals surface area contributed by atoms with E-state index in [2.05, 4.69) is 16.0 Å². The second kappa shape index (κ2) is 15.9. The van der Waals surface area contributed by atoms with Crippen LogP contribution in [-0.4, -0.2) is 102 Å². The fourth-order valence-electron chi connectivity index (χ4n) is 5.90. The number of likely N-dealkylation sites (N-methyl/N-ethyl adjacent to an activating group) is 1. The highest BCUT2D eigenvalue weighted by atomic mass is 16.5. The zero-order valence-electron chi connectivity index (χ0n) is 28.0. The Balaban J connectivity index is 1.74. The first kappa shape index (κ1) is 35.4. The molecule has 0 spiro atoms. The number of ether oxygens (including phenoxy) is 2. The van der Waals surface area contributed by atoms with Gasteiger partial charge >= 0.3 is 0 Å². The number of carbonyl (C=O) groups is 5. The molecule has 12 nitrogen and oxygen atoms in total. The monoisotopic (exact) mass is 649 g/mol. The standard InChI is InChI=1S/C35H47N5O7/c1-21(2)31-34(44)36-22(3)20-46-29-15-11-10-14-26(29)32(42)37-27(35(45)40-18-23(4)47-24(5)19-40)17-30(41)39(6)28(33(43)38-31)16-25-12-8-7-9-13-25/h7-15,21-24,27-28,31H,16-20H2,1-6H3,(H,36,44)(H,37,42)(H,38,43)/t22-,23-,24+,27-,28-,31+/m0/s1. The predicted octanol–water partition coefficient (Wildman–Crippen LogP) is 1.92. The van der Waals surface area contributed by atoms with Crippen molar-refractivity contribution in [3.05, 3.63) is 65.7 Å². The Morgan fingerprint density at radius 3 is 2.17 bits per heavy atom. The largest absolute Gasteiger partial charge is 0.491 e. The minimum atomic E-state index is -1.23. The summed E-state index contributed by atoms with van der Waals surface area (Å²) in [4.78, 5) is 72.0. The Hall–Kier alpha value is -4.45. The normalized spacial score (nSPS) is 26.8. The number of amides is 5. The summed E-state index contributed by atoms with van der Waals surface area (Å²) in [7, 11) is 1.50. The van der Waals surface area contributed by atoms with Crippen LogP contribution in [0.2, 0.25) is 0 Å². The molecule has 1 fully saturated rings. The summed E-state index contributed by atoms with van der Waals surface area (Å²) in [6.07, 6.45) is -0.685. The number of para-hydroxylation sites is 1. The molecule has 2 aromatic rings. The molecule has 47 heavy (non-hydrogen) atoms. The van der Waals surface area contributed by atoms with Gasteiger partial charge in [0.1, 0.15) is 30.5 Å². The Morgan fingerprint density at radius 1 is 0.872 bits per heavy atom. The second-order valence-electron chi connectivity index (χ2n) is 12.9. The molecule has 0 unspecified atom stereocenters. The predicted molar refractivity (Wildman–Crippen MR) is 175 cm³/mol. The first-order chi connectivity index (χ1) is 22.3. The second-order valence-corrected chi connectivity index (χ2v) is 12.9. The van der Waals surface area contributed by atoms with Crippen LogP contribution in [0.3, 0.4) is 0 Å². The molecule has 0 aliphatic carbocycles. The first-order valence-electron chi connectivity index (χ1n) is 16.2. The SMILES string of the molecule is CC(C)[C@H]1NC(=O)[C@H](Cc2ccccc2)N(C)C(=O)C[C@@H](C(=O)N2C[C@@H](C)O[C@@H](C)C2)NC(=O)c2ccccc2OC[C@H](C)NC1=O. The van der Waals surface area contributed by atoms with Gasteiger partial charge in [0.2, 0.25) is 23.6 Å². The first-order valence-corrected chi connectivity index (χ1v) is 16.2. The molecule has 4 rings (SSSR count). The molecule has 0 saturated carbocycles. The van der Waals surface area contributed by atoms with Crippen molar-refractivity contribution in [2.75, 3.05) is 26.7 Å². The number of morpholine rings is 1. The maximum atomic E-state index is 14.0. The summed E-state index contributed by atoms with van der Waals surface area (Å²) >= 11 is 0. The minimum absolute atomic E-state index is 0.0402. The number of hydrogen-bond donors (Lipinski definition) is 3. The Labute approximate surface area is 276 Å². The van der Waals surface area contributed by atoms with Crippen molar-refractivity contribution in [2.45, 2.75) is 83.8 Å². The van der Waals surface area contributed by atoms with Gasteiger partial charge < -0.3 is 35.2 Å². The van der Waals surface area contributed by atoms with Gasteiger partial charge in [-0.25, -0.2) is 0 Å². The lowest BCUT2D eigenvalue weighted by atomic mass is 9.99. The van der Waals surface area contributed by atoms with Crippen molar-refractivity contribution in [2.24, 2.45) is 5.92 Å².